The molecule has 0 radical (unpaired) electrons. The Hall–Kier alpha value is -14.0. The van der Waals surface area contributed by atoms with Crippen molar-refractivity contribution in [2.75, 3.05) is 0 Å². The van der Waals surface area contributed by atoms with Gasteiger partial charge in [0.15, 0.2) is 34.9 Å². The first kappa shape index (κ1) is 65.5. The minimum absolute atomic E-state index is 0.557. The van der Waals surface area contributed by atoms with Crippen molar-refractivity contribution in [2.45, 2.75) is 30.4 Å². The average molecular weight is 1440 g/mol. The lowest BCUT2D eigenvalue weighted by molar-refractivity contribution is 0.723. The van der Waals surface area contributed by atoms with Crippen molar-refractivity contribution >= 4 is 23.5 Å². The Morgan fingerprint density at radius 1 is 0.209 bits per heavy atom. The molecule has 0 bridgehead atoms. The van der Waals surface area contributed by atoms with Crippen molar-refractivity contribution in [3.63, 3.8) is 0 Å². The predicted octanol–water partition coefficient (Wildman–Crippen LogP) is 24.1. The van der Waals surface area contributed by atoms with Crippen molar-refractivity contribution in [3.8, 4) is 136 Å². The van der Waals surface area contributed by atoms with Crippen LogP contribution >= 0.6 is 23.5 Å². The molecule has 512 valence electrons. The third kappa shape index (κ3) is 10.7. The molecule has 110 heavy (non-hydrogen) atoms. The molecule has 0 saturated carbocycles. The fourth-order valence-electron chi connectivity index (χ4n) is 16.9. The summed E-state index contributed by atoms with van der Waals surface area (Å²) in [6, 6.07) is 132. The van der Waals surface area contributed by atoms with Gasteiger partial charge in [0.25, 0.3) is 0 Å². The fraction of sp³-hybridized carbons (Fsp3) is 0.0200. The second kappa shape index (κ2) is 27.1. The maximum Gasteiger partial charge on any atom is 0.165 e. The first-order chi connectivity index (χ1) is 54.4. The minimum Gasteiger partial charge on any atom is -0.208 e. The summed E-state index contributed by atoms with van der Waals surface area (Å²) < 4.78 is 0. The molecule has 17 aromatic rings. The quantitative estimate of drug-likeness (QED) is 0.138. The van der Waals surface area contributed by atoms with E-state index in [1.165, 1.54) is 64.8 Å². The Kier molecular flexibility index (Phi) is 16.1. The SMILES string of the molecule is N#Cc1ccc(-c2cccc3c2-c2ccccc2C32c3ccccc3Sc3c(-c4nc(-c5ccccc5)nc(-c5ccc(-c6ccccc6)cc5)n4)cccc32)cc1.N#Cc1cccc2c1-c1ccccc1C21c2ccccc2Sc2c(-c3ccc(-c4nc(-c5ccccc5)nc(-c5ccccc5)n4)cc3)cccc21. The topological polar surface area (TPSA) is 125 Å². The van der Waals surface area contributed by atoms with Gasteiger partial charge in [-0.1, -0.05) is 357 Å². The van der Waals surface area contributed by atoms with Gasteiger partial charge in [-0.15, -0.1) is 0 Å². The van der Waals surface area contributed by atoms with Crippen LogP contribution in [0.3, 0.4) is 0 Å². The Morgan fingerprint density at radius 2 is 0.518 bits per heavy atom. The third-order valence-corrected chi connectivity index (χ3v) is 24.2. The molecule has 2 spiro atoms. The smallest absolute Gasteiger partial charge is 0.165 e. The van der Waals surface area contributed by atoms with E-state index in [0.29, 0.717) is 46.1 Å². The zero-order valence-corrected chi connectivity index (χ0v) is 60.7. The van der Waals surface area contributed by atoms with Crippen LogP contribution in [0.15, 0.2) is 384 Å². The molecular formula is C100H60N8S2. The molecule has 2 unspecified atom stereocenters. The summed E-state index contributed by atoms with van der Waals surface area (Å²) >= 11 is 3.62. The van der Waals surface area contributed by atoms with Gasteiger partial charge in [-0.05, 0) is 125 Å². The second-order valence-corrected chi connectivity index (χ2v) is 29.7. The van der Waals surface area contributed by atoms with Crippen LogP contribution in [0.1, 0.15) is 55.6 Å². The Labute approximate surface area is 645 Å². The maximum atomic E-state index is 10.3. The normalized spacial score (nSPS) is 14.7. The van der Waals surface area contributed by atoms with Gasteiger partial charge in [0.2, 0.25) is 0 Å². The van der Waals surface area contributed by atoms with Crippen LogP contribution in [0.4, 0.5) is 0 Å². The number of hydrogen-bond acceptors (Lipinski definition) is 10. The Morgan fingerprint density at radius 3 is 1.00 bits per heavy atom. The highest BCUT2D eigenvalue weighted by atomic mass is 32.2. The van der Waals surface area contributed by atoms with E-state index in [2.05, 4.69) is 267 Å². The number of rotatable bonds is 9. The number of nitrogens with zero attached hydrogens (tertiary/aromatic N) is 8. The van der Waals surface area contributed by atoms with Crippen LogP contribution in [0.5, 0.6) is 0 Å². The average Bonchev–Trinajstić information content (AvgIpc) is 1.50. The van der Waals surface area contributed by atoms with Gasteiger partial charge < -0.3 is 0 Å². The van der Waals surface area contributed by atoms with Crippen molar-refractivity contribution in [2.24, 2.45) is 0 Å². The van der Waals surface area contributed by atoms with Crippen molar-refractivity contribution in [1.82, 2.24) is 29.9 Å². The molecule has 4 aliphatic rings. The van der Waals surface area contributed by atoms with E-state index in [4.69, 9.17) is 29.9 Å². The van der Waals surface area contributed by atoms with Gasteiger partial charge in [-0.25, -0.2) is 29.9 Å². The molecule has 4 heterocycles. The van der Waals surface area contributed by atoms with Gasteiger partial charge in [-0.3, -0.25) is 0 Å². The van der Waals surface area contributed by atoms with Crippen LogP contribution in [-0.4, -0.2) is 29.9 Å². The lowest BCUT2D eigenvalue weighted by Crippen LogP contribution is -2.32. The summed E-state index contributed by atoms with van der Waals surface area (Å²) in [5.41, 5.74) is 27.0. The van der Waals surface area contributed by atoms with Crippen LogP contribution in [0.25, 0.3) is 124 Å². The van der Waals surface area contributed by atoms with E-state index in [0.717, 1.165) is 88.3 Å². The molecule has 2 aliphatic carbocycles. The summed E-state index contributed by atoms with van der Waals surface area (Å²) in [4.78, 5) is 35.1. The first-order valence-electron chi connectivity index (χ1n) is 36.6. The molecule has 2 atom stereocenters. The van der Waals surface area contributed by atoms with Crippen LogP contribution in [0, 0.1) is 22.7 Å². The molecule has 10 heteroatoms. The highest BCUT2D eigenvalue weighted by molar-refractivity contribution is 8.00. The highest BCUT2D eigenvalue weighted by Gasteiger charge is 2.53. The second-order valence-electron chi connectivity index (χ2n) is 27.6. The summed E-state index contributed by atoms with van der Waals surface area (Å²) in [7, 11) is 0. The summed E-state index contributed by atoms with van der Waals surface area (Å²) in [5, 5.41) is 19.9. The first-order valence-corrected chi connectivity index (χ1v) is 38.2. The number of benzene rings is 15. The van der Waals surface area contributed by atoms with E-state index in [1.807, 2.05) is 121 Å². The largest absolute Gasteiger partial charge is 0.208 e. The zero-order valence-electron chi connectivity index (χ0n) is 59.0. The molecule has 0 N–H and O–H groups in total. The van der Waals surface area contributed by atoms with Crippen LogP contribution in [-0.2, 0) is 10.8 Å². The molecule has 2 aromatic heterocycles. The fourth-order valence-corrected chi connectivity index (χ4v) is 19.5. The molecule has 0 fully saturated rings. The molecule has 8 nitrogen and oxygen atoms in total. The van der Waals surface area contributed by atoms with Crippen molar-refractivity contribution in [3.05, 3.63) is 420 Å². The van der Waals surface area contributed by atoms with Crippen LogP contribution in [0.2, 0.25) is 0 Å². The lowest BCUT2D eigenvalue weighted by atomic mass is 9.67. The van der Waals surface area contributed by atoms with Crippen molar-refractivity contribution in [1.29, 1.82) is 10.5 Å². The standard InChI is InChI=1S/C53H32N4S.C47H28N4S/c54-33-34-25-27-37(28-26-34)40-18-11-22-45-48(40)41-17-7-8-20-43(41)53(45)44-21-9-10-24-47(44)58-49-42(19-12-23-46(49)53)52-56-50(38-15-5-2-6-16-38)55-51(57-52)39-31-29-36(30-32-39)35-13-3-1-4-14-35;48-29-34-17-11-22-39-42(34)36-18-7-8-20-37(36)47(39)38-21-9-10-24-41(38)52-43-35(19-12-23-40(43)47)30-25-27-33(28-26-30)46-50-44(31-13-3-1-4-14-31)49-45(51-46)32-15-5-2-6-16-32/h1-32H;1-28H. The van der Waals surface area contributed by atoms with Gasteiger partial charge in [0.05, 0.1) is 34.1 Å². The van der Waals surface area contributed by atoms with E-state index in [-0.39, 0.29) is 0 Å². The summed E-state index contributed by atoms with van der Waals surface area (Å²) in [6.07, 6.45) is 0. The number of nitriles is 2. The van der Waals surface area contributed by atoms with Gasteiger partial charge in [-0.2, -0.15) is 10.5 Å². The van der Waals surface area contributed by atoms with E-state index >= 15 is 0 Å². The number of hydrogen-bond donors (Lipinski definition) is 0. The Bertz CT molecular complexity index is 6540. The van der Waals surface area contributed by atoms with Gasteiger partial charge >= 0.3 is 0 Å². The van der Waals surface area contributed by atoms with Crippen molar-refractivity contribution < 1.29 is 0 Å². The Balaban J connectivity index is 0.000000145. The molecule has 0 amide bonds. The molecule has 0 saturated heterocycles. The zero-order chi connectivity index (χ0) is 73.3. The highest BCUT2D eigenvalue weighted by Crippen LogP contribution is 2.66. The van der Waals surface area contributed by atoms with Gasteiger partial charge in [0, 0.05) is 58.5 Å². The third-order valence-electron chi connectivity index (χ3n) is 21.7. The summed E-state index contributed by atoms with van der Waals surface area (Å²) in [5.74, 6) is 3.80. The summed E-state index contributed by atoms with van der Waals surface area (Å²) in [6.45, 7) is 0. The number of aromatic nitrogens is 6. The number of fused-ring (bicyclic) bond motifs is 18. The lowest BCUT2D eigenvalue weighted by Gasteiger charge is -2.40. The predicted molar refractivity (Wildman–Crippen MR) is 441 cm³/mol. The molecule has 2 aliphatic heterocycles. The molecule has 15 aromatic carbocycles. The monoisotopic (exact) mass is 1440 g/mol. The maximum absolute atomic E-state index is 10.3. The minimum atomic E-state index is -0.604. The van der Waals surface area contributed by atoms with E-state index in [9.17, 15) is 10.5 Å². The van der Waals surface area contributed by atoms with Crippen LogP contribution < -0.4 is 0 Å². The van der Waals surface area contributed by atoms with E-state index in [1.54, 1.807) is 11.8 Å². The van der Waals surface area contributed by atoms with Gasteiger partial charge in [0.1, 0.15) is 0 Å². The molecular weight excluding hydrogens is 1380 g/mol. The molecule has 21 rings (SSSR count). The van der Waals surface area contributed by atoms with E-state index < -0.39 is 10.8 Å².